The maximum absolute atomic E-state index is 12.6. The second kappa shape index (κ2) is 7.02. The molecule has 1 unspecified atom stereocenters. The van der Waals surface area contributed by atoms with Crippen LogP contribution in [-0.4, -0.2) is 55.8 Å². The highest BCUT2D eigenvalue weighted by molar-refractivity contribution is 7.86. The van der Waals surface area contributed by atoms with E-state index in [1.54, 1.807) is 8.61 Å². The van der Waals surface area contributed by atoms with E-state index in [2.05, 4.69) is 12.2 Å². The van der Waals surface area contributed by atoms with Crippen molar-refractivity contribution in [3.8, 4) is 0 Å². The zero-order chi connectivity index (χ0) is 13.7. The van der Waals surface area contributed by atoms with Gasteiger partial charge < -0.3 is 5.32 Å². The summed E-state index contributed by atoms with van der Waals surface area (Å²) < 4.78 is 28.5. The third-order valence-corrected chi connectivity index (χ3v) is 6.04. The highest BCUT2D eigenvalue weighted by Gasteiger charge is 2.33. The van der Waals surface area contributed by atoms with Crippen LogP contribution in [0.25, 0.3) is 0 Å². The van der Waals surface area contributed by atoms with E-state index in [1.165, 1.54) is 0 Å². The molecule has 19 heavy (non-hydrogen) atoms. The molecule has 0 aromatic rings. The Morgan fingerprint density at radius 1 is 1.05 bits per heavy atom. The molecule has 0 spiro atoms. The summed E-state index contributed by atoms with van der Waals surface area (Å²) in [5.74, 6) is 0. The first-order valence-electron chi connectivity index (χ1n) is 7.63. The van der Waals surface area contributed by atoms with Gasteiger partial charge in [0.05, 0.1) is 0 Å². The maximum atomic E-state index is 12.6. The van der Waals surface area contributed by atoms with Crippen molar-refractivity contribution in [2.75, 3.05) is 32.7 Å². The van der Waals surface area contributed by atoms with E-state index in [1.807, 2.05) is 0 Å². The van der Waals surface area contributed by atoms with Crippen molar-refractivity contribution >= 4 is 10.2 Å². The molecule has 1 atom stereocenters. The zero-order valence-corrected chi connectivity index (χ0v) is 12.8. The number of nitrogens with zero attached hydrogens (tertiary/aromatic N) is 2. The summed E-state index contributed by atoms with van der Waals surface area (Å²) in [7, 11) is -3.22. The molecule has 2 saturated heterocycles. The Balaban J connectivity index is 1.95. The van der Waals surface area contributed by atoms with Crippen LogP contribution in [0.2, 0.25) is 0 Å². The van der Waals surface area contributed by atoms with Crippen LogP contribution in [0.4, 0.5) is 0 Å². The predicted molar refractivity (Wildman–Crippen MR) is 77.2 cm³/mol. The SMILES string of the molecule is CCCNC1CCCN(S(=O)(=O)N2CCCCC2)C1. The van der Waals surface area contributed by atoms with Gasteiger partial charge in [0.25, 0.3) is 10.2 Å². The molecule has 1 N–H and O–H groups in total. The third-order valence-electron chi connectivity index (χ3n) is 4.03. The second-order valence-electron chi connectivity index (χ2n) is 5.62. The van der Waals surface area contributed by atoms with Crippen molar-refractivity contribution in [3.63, 3.8) is 0 Å². The molecule has 0 bridgehead atoms. The highest BCUT2D eigenvalue weighted by atomic mass is 32.2. The van der Waals surface area contributed by atoms with Gasteiger partial charge in [0.2, 0.25) is 0 Å². The normalized spacial score (nSPS) is 27.5. The Bertz CT molecular complexity index is 366. The number of hydrogen-bond acceptors (Lipinski definition) is 3. The summed E-state index contributed by atoms with van der Waals surface area (Å²) >= 11 is 0. The number of hydrogen-bond donors (Lipinski definition) is 1. The number of nitrogens with one attached hydrogen (secondary N) is 1. The van der Waals surface area contributed by atoms with Crippen LogP contribution in [0.5, 0.6) is 0 Å². The molecular formula is C13H27N3O2S. The molecule has 0 saturated carbocycles. The van der Waals surface area contributed by atoms with Crippen molar-refractivity contribution in [3.05, 3.63) is 0 Å². The Hall–Kier alpha value is -0.170. The molecule has 112 valence electrons. The molecule has 5 nitrogen and oxygen atoms in total. The minimum Gasteiger partial charge on any atom is -0.313 e. The number of piperidine rings is 2. The third kappa shape index (κ3) is 3.90. The second-order valence-corrected chi connectivity index (χ2v) is 7.55. The monoisotopic (exact) mass is 289 g/mol. The van der Waals surface area contributed by atoms with E-state index in [-0.39, 0.29) is 0 Å². The first kappa shape index (κ1) is 15.2. The summed E-state index contributed by atoms with van der Waals surface area (Å²) in [6.45, 7) is 5.83. The average molecular weight is 289 g/mol. The van der Waals surface area contributed by atoms with Crippen molar-refractivity contribution in [2.24, 2.45) is 0 Å². The molecule has 2 rings (SSSR count). The topological polar surface area (TPSA) is 52.7 Å². The quantitative estimate of drug-likeness (QED) is 0.827. The fraction of sp³-hybridized carbons (Fsp3) is 1.00. The molecule has 2 heterocycles. The van der Waals surface area contributed by atoms with Gasteiger partial charge in [-0.1, -0.05) is 13.3 Å². The lowest BCUT2D eigenvalue weighted by Gasteiger charge is -2.37. The molecule has 0 radical (unpaired) electrons. The van der Waals surface area contributed by atoms with Crippen molar-refractivity contribution < 1.29 is 8.42 Å². The van der Waals surface area contributed by atoms with Gasteiger partial charge in [-0.05, 0) is 38.6 Å². The van der Waals surface area contributed by atoms with E-state index in [0.717, 1.165) is 45.1 Å². The predicted octanol–water partition coefficient (Wildman–Crippen LogP) is 1.18. The zero-order valence-electron chi connectivity index (χ0n) is 12.0. The van der Waals surface area contributed by atoms with Crippen LogP contribution in [0.1, 0.15) is 45.4 Å². The van der Waals surface area contributed by atoms with Gasteiger partial charge in [-0.3, -0.25) is 0 Å². The van der Waals surface area contributed by atoms with Gasteiger partial charge in [-0.2, -0.15) is 17.0 Å². The van der Waals surface area contributed by atoms with Gasteiger partial charge in [-0.15, -0.1) is 0 Å². The fourth-order valence-corrected chi connectivity index (χ4v) is 4.70. The molecular weight excluding hydrogens is 262 g/mol. The standard InChI is InChI=1S/C13H27N3O2S/c1-2-8-14-13-7-6-11-16(12-13)19(17,18)15-9-4-3-5-10-15/h13-14H,2-12H2,1H3. The molecule has 0 amide bonds. The minimum atomic E-state index is -3.22. The van der Waals surface area contributed by atoms with Crippen molar-refractivity contribution in [1.29, 1.82) is 0 Å². The van der Waals surface area contributed by atoms with E-state index in [9.17, 15) is 8.42 Å². The van der Waals surface area contributed by atoms with Crippen LogP contribution in [0.3, 0.4) is 0 Å². The molecule has 0 aromatic heterocycles. The van der Waals surface area contributed by atoms with Crippen molar-refractivity contribution in [1.82, 2.24) is 13.9 Å². The average Bonchev–Trinajstić information content (AvgIpc) is 2.46. The Morgan fingerprint density at radius 3 is 2.42 bits per heavy atom. The molecule has 2 fully saturated rings. The smallest absolute Gasteiger partial charge is 0.282 e. The Morgan fingerprint density at radius 2 is 1.74 bits per heavy atom. The molecule has 0 aromatic carbocycles. The lowest BCUT2D eigenvalue weighted by atomic mass is 10.1. The van der Waals surface area contributed by atoms with Gasteiger partial charge >= 0.3 is 0 Å². The van der Waals surface area contributed by atoms with E-state index >= 15 is 0 Å². The number of rotatable bonds is 5. The first-order chi connectivity index (χ1) is 9.14. The van der Waals surface area contributed by atoms with Crippen LogP contribution in [0, 0.1) is 0 Å². The Kier molecular flexibility index (Phi) is 5.62. The van der Waals surface area contributed by atoms with Crippen LogP contribution < -0.4 is 5.32 Å². The summed E-state index contributed by atoms with van der Waals surface area (Å²) in [5, 5.41) is 3.45. The van der Waals surface area contributed by atoms with Crippen LogP contribution in [0.15, 0.2) is 0 Å². The Labute approximate surface area is 117 Å². The highest BCUT2D eigenvalue weighted by Crippen LogP contribution is 2.20. The van der Waals surface area contributed by atoms with E-state index in [4.69, 9.17) is 0 Å². The van der Waals surface area contributed by atoms with Crippen LogP contribution >= 0.6 is 0 Å². The van der Waals surface area contributed by atoms with Gasteiger partial charge in [0.1, 0.15) is 0 Å². The van der Waals surface area contributed by atoms with Crippen molar-refractivity contribution in [2.45, 2.75) is 51.5 Å². The summed E-state index contributed by atoms with van der Waals surface area (Å²) in [6, 6.07) is 0.327. The molecule has 2 aliphatic rings. The fourth-order valence-electron chi connectivity index (χ4n) is 2.93. The van der Waals surface area contributed by atoms with Crippen LogP contribution in [-0.2, 0) is 10.2 Å². The largest absolute Gasteiger partial charge is 0.313 e. The molecule has 0 aliphatic carbocycles. The molecule has 6 heteroatoms. The summed E-state index contributed by atoms with van der Waals surface area (Å²) in [4.78, 5) is 0. The van der Waals surface area contributed by atoms with Gasteiger partial charge in [0.15, 0.2) is 0 Å². The van der Waals surface area contributed by atoms with E-state index < -0.39 is 10.2 Å². The first-order valence-corrected chi connectivity index (χ1v) is 9.03. The summed E-state index contributed by atoms with van der Waals surface area (Å²) in [5.41, 5.74) is 0. The maximum Gasteiger partial charge on any atom is 0.282 e. The minimum absolute atomic E-state index is 0.327. The lowest BCUT2D eigenvalue weighted by Crippen LogP contribution is -2.53. The lowest BCUT2D eigenvalue weighted by molar-refractivity contribution is 0.251. The summed E-state index contributed by atoms with van der Waals surface area (Å²) in [6.07, 6.45) is 6.32. The van der Waals surface area contributed by atoms with Gasteiger partial charge in [0, 0.05) is 32.2 Å². The van der Waals surface area contributed by atoms with E-state index in [0.29, 0.717) is 32.2 Å². The molecule has 2 aliphatic heterocycles. The van der Waals surface area contributed by atoms with Gasteiger partial charge in [-0.25, -0.2) is 0 Å².